The number of thiocarbonyl (C=S) groups is 1. The molecule has 2 N–H and O–H groups in total. The third-order valence-electron chi connectivity index (χ3n) is 6.27. The smallest absolute Gasteiger partial charge is 0.269 e. The van der Waals surface area contributed by atoms with Crippen LogP contribution in [-0.2, 0) is 32.7 Å². The Kier molecular flexibility index (Phi) is 20.5. The molecule has 11 nitrogen and oxygen atoms in total. The van der Waals surface area contributed by atoms with Gasteiger partial charge in [-0.25, -0.2) is 0 Å². The molecule has 0 aliphatic rings. The van der Waals surface area contributed by atoms with Crippen molar-refractivity contribution in [3.8, 4) is 0 Å². The largest absolute Gasteiger partial charge is 0.537 e. The van der Waals surface area contributed by atoms with Gasteiger partial charge >= 0.3 is 0 Å². The third-order valence-corrected chi connectivity index (χ3v) is 6.46. The molecule has 2 aromatic heterocycles. The number of nitro groups is 1. The van der Waals surface area contributed by atoms with Crippen molar-refractivity contribution in [1.29, 1.82) is 0 Å². The molecule has 1 radical (unpaired) electrons. The second kappa shape index (κ2) is 24.8. The van der Waals surface area contributed by atoms with E-state index in [1.165, 1.54) is 12.1 Å². The van der Waals surface area contributed by atoms with E-state index >= 15 is 0 Å². The normalized spacial score (nSPS) is 11.0. The van der Waals surface area contributed by atoms with Crippen molar-refractivity contribution in [2.45, 2.75) is 13.8 Å². The molecule has 0 saturated carbocycles. The molecule has 0 bridgehead atoms. The van der Waals surface area contributed by atoms with Crippen LogP contribution in [0.5, 0.6) is 0 Å². The van der Waals surface area contributed by atoms with Crippen LogP contribution >= 0.6 is 12.2 Å². The van der Waals surface area contributed by atoms with Gasteiger partial charge in [0, 0.05) is 62.9 Å². The molecule has 2 heterocycles. The Balaban J connectivity index is 0.000000340. The van der Waals surface area contributed by atoms with Crippen molar-refractivity contribution in [1.82, 2.24) is 20.4 Å². The number of benzene rings is 3. The number of para-hydroxylation sites is 1. The topological polar surface area (TPSA) is 135 Å². The summed E-state index contributed by atoms with van der Waals surface area (Å²) in [5.74, 6) is 0. The monoisotopic (exact) mass is 787 g/mol. The second-order valence-electron chi connectivity index (χ2n) is 10.2. The van der Waals surface area contributed by atoms with Crippen molar-refractivity contribution in [2.24, 2.45) is 10.2 Å². The number of rotatable bonds is 11. The van der Waals surface area contributed by atoms with E-state index < -0.39 is 4.92 Å². The van der Waals surface area contributed by atoms with Gasteiger partial charge in [-0.1, -0.05) is 86.7 Å². The van der Waals surface area contributed by atoms with Crippen molar-refractivity contribution >= 4 is 52.3 Å². The summed E-state index contributed by atoms with van der Waals surface area (Å²) < 4.78 is 0. The van der Waals surface area contributed by atoms with E-state index in [2.05, 4.69) is 36.4 Å². The Morgan fingerprint density at radius 2 is 1.25 bits per heavy atom. The molecule has 0 unspecified atom stereocenters. The van der Waals surface area contributed by atoms with E-state index in [0.717, 1.165) is 22.5 Å². The van der Waals surface area contributed by atoms with Crippen LogP contribution in [0.1, 0.15) is 36.4 Å². The number of allylic oxidation sites excluding steroid dienone is 2. The summed E-state index contributed by atoms with van der Waals surface area (Å²) in [5.41, 5.74) is 12.5. The summed E-state index contributed by atoms with van der Waals surface area (Å²) in [6.07, 6.45) is 10.9. The summed E-state index contributed by atoms with van der Waals surface area (Å²) in [5, 5.41) is 24.3. The minimum absolute atomic E-state index is 0. The fraction of sp³-hybridized carbons (Fsp3) is 0.103. The Morgan fingerprint density at radius 3 is 1.77 bits per heavy atom. The zero-order valence-corrected chi connectivity index (χ0v) is 33.1. The summed E-state index contributed by atoms with van der Waals surface area (Å²) in [6, 6.07) is 37.2. The van der Waals surface area contributed by atoms with Gasteiger partial charge in [0.1, 0.15) is 5.71 Å². The van der Waals surface area contributed by atoms with Gasteiger partial charge < -0.3 is 21.0 Å². The third kappa shape index (κ3) is 16.2. The number of anilines is 1. The summed E-state index contributed by atoms with van der Waals surface area (Å²) >= 11 is 5.31. The maximum Gasteiger partial charge on any atom is 0.269 e. The molecule has 3 aromatic carbocycles. The number of nitrogens with zero attached hydrogens (tertiary/aromatic N) is 7. The van der Waals surface area contributed by atoms with Crippen LogP contribution < -0.4 is 10.7 Å². The van der Waals surface area contributed by atoms with Crippen molar-refractivity contribution in [3.05, 3.63) is 184 Å². The van der Waals surface area contributed by atoms with Gasteiger partial charge in [0.25, 0.3) is 5.69 Å². The Labute approximate surface area is 335 Å². The maximum atomic E-state index is 10.7. The van der Waals surface area contributed by atoms with E-state index in [-0.39, 0.29) is 38.4 Å². The van der Waals surface area contributed by atoms with Gasteiger partial charge in [0.15, 0.2) is 5.11 Å². The molecule has 263 valence electrons. The van der Waals surface area contributed by atoms with Gasteiger partial charge in [-0.15, -0.1) is 0 Å². The minimum atomic E-state index is -0.426. The first-order valence-electron chi connectivity index (χ1n) is 16.0. The molecular weight excluding hydrogens is 747 g/mol. The predicted octanol–water partition coefficient (Wildman–Crippen LogP) is 8.77. The molecule has 5 aromatic rings. The predicted molar refractivity (Wildman–Crippen MR) is 213 cm³/mol. The zero-order chi connectivity index (χ0) is 36.7. The van der Waals surface area contributed by atoms with E-state index in [0.29, 0.717) is 22.2 Å². The standard InChI is InChI=1S/C21H18N4S.C16H16N5O2.C2H6.Y/c26-21(23-18-11-5-2-6-12-18)25-24-20(19-13-7-8-16-22-19)15-14-17-9-3-1-4-10-17;1-20(2)19-18-16(15-5-3-4-12-17-15)11-8-13-6-9-14(10-7-13)21(22)23;1-2;/h1-16H,(H2,23,25,26);3-12H,1-2H3;1-2H3;/q;-1;;/b15-14+,24-20+;11-8+,18-16+;;. The van der Waals surface area contributed by atoms with E-state index in [9.17, 15) is 10.1 Å². The molecule has 52 heavy (non-hydrogen) atoms. The second-order valence-corrected chi connectivity index (χ2v) is 10.6. The quantitative estimate of drug-likeness (QED) is 0.0588. The molecular formula is C39H40N9O2SY-. The number of nitro benzene ring substituents is 1. The van der Waals surface area contributed by atoms with E-state index in [1.54, 1.807) is 49.7 Å². The molecule has 5 rings (SSSR count). The van der Waals surface area contributed by atoms with Crippen LogP contribution in [0, 0.1) is 10.1 Å². The van der Waals surface area contributed by atoms with Crippen molar-refractivity contribution in [3.63, 3.8) is 0 Å². The molecule has 13 heteroatoms. The molecule has 0 fully saturated rings. The van der Waals surface area contributed by atoms with Crippen LogP contribution in [0.2, 0.25) is 0 Å². The van der Waals surface area contributed by atoms with Crippen LogP contribution in [0.3, 0.4) is 0 Å². The number of hydrogen-bond donors (Lipinski definition) is 2. The average molecular weight is 788 g/mol. The van der Waals surface area contributed by atoms with Gasteiger partial charge in [-0.05, 0) is 98.1 Å². The number of hydrazone groups is 1. The first-order chi connectivity index (χ1) is 24.9. The molecule has 0 atom stereocenters. The van der Waals surface area contributed by atoms with Crippen LogP contribution in [0.25, 0.3) is 17.7 Å². The van der Waals surface area contributed by atoms with Crippen molar-refractivity contribution in [2.75, 3.05) is 19.4 Å². The van der Waals surface area contributed by atoms with Gasteiger partial charge in [-0.2, -0.15) is 5.10 Å². The number of non-ortho nitro benzene ring substituents is 1. The number of pyridine rings is 2. The summed E-state index contributed by atoms with van der Waals surface area (Å²) in [6.45, 7) is 4.00. The zero-order valence-electron chi connectivity index (χ0n) is 29.4. The number of hydrogen-bond acceptors (Lipinski definition) is 8. The van der Waals surface area contributed by atoms with Crippen LogP contribution in [0.4, 0.5) is 11.4 Å². The van der Waals surface area contributed by atoms with Gasteiger partial charge in [0.05, 0.1) is 22.0 Å². The molecule has 0 saturated heterocycles. The number of nitrogens with one attached hydrogen (secondary N) is 2. The SMILES string of the molecule is CC.CN(C)[N-]/N=C(\C=C\c1ccc([N+](=O)[O-])cc1)c1ccccn1.S=C(N/N=C(\C=C\c1ccccc1)c1ccccn1)Nc1ccccc1.[Y]. The fourth-order valence-electron chi connectivity index (χ4n) is 3.93. The molecule has 0 aliphatic heterocycles. The summed E-state index contributed by atoms with van der Waals surface area (Å²) in [4.78, 5) is 18.9. The van der Waals surface area contributed by atoms with Gasteiger partial charge in [-0.3, -0.25) is 25.5 Å². The first-order valence-corrected chi connectivity index (χ1v) is 16.4. The Hall–Kier alpha value is -5.27. The summed E-state index contributed by atoms with van der Waals surface area (Å²) in [7, 11) is 3.55. The molecule has 0 spiro atoms. The molecule has 0 aliphatic carbocycles. The fourth-order valence-corrected chi connectivity index (χ4v) is 4.09. The average Bonchev–Trinajstić information content (AvgIpc) is 3.17. The van der Waals surface area contributed by atoms with Gasteiger partial charge in [0.2, 0.25) is 0 Å². The van der Waals surface area contributed by atoms with Crippen molar-refractivity contribution < 1.29 is 37.6 Å². The van der Waals surface area contributed by atoms with E-state index in [4.69, 9.17) is 12.2 Å². The first kappa shape index (κ1) is 42.9. The number of aromatic nitrogens is 2. The minimum Gasteiger partial charge on any atom is -0.537 e. The van der Waals surface area contributed by atoms with Crippen LogP contribution in [0.15, 0.2) is 156 Å². The van der Waals surface area contributed by atoms with Crippen LogP contribution in [-0.4, -0.2) is 50.5 Å². The Bertz CT molecular complexity index is 1890. The van der Waals surface area contributed by atoms with E-state index in [1.807, 2.05) is 129 Å². The molecule has 0 amide bonds. The maximum absolute atomic E-state index is 10.7. The Morgan fingerprint density at radius 1 is 0.750 bits per heavy atom.